The summed E-state index contributed by atoms with van der Waals surface area (Å²) in [5.41, 5.74) is 6.95. The minimum atomic E-state index is -0.278. The Labute approximate surface area is 119 Å². The molecular weight excluding hydrogens is 270 g/mol. The highest BCUT2D eigenvalue weighted by Crippen LogP contribution is 2.38. The molecule has 0 saturated carbocycles. The van der Waals surface area contributed by atoms with E-state index >= 15 is 0 Å². The molecule has 3 aromatic rings. The summed E-state index contributed by atoms with van der Waals surface area (Å²) < 4.78 is 7.18. The Hall–Kier alpha value is -2.85. The monoisotopic (exact) mass is 283 g/mol. The molecule has 21 heavy (non-hydrogen) atoms. The lowest BCUT2D eigenvalue weighted by Crippen LogP contribution is -2.13. The van der Waals surface area contributed by atoms with Crippen molar-refractivity contribution < 1.29 is 4.42 Å². The average Bonchev–Trinajstić information content (AvgIpc) is 3.10. The number of aryl methyl sites for hydroxylation is 1. The lowest BCUT2D eigenvalue weighted by molar-refractivity contribution is 0.571. The standard InChI is InChI=1S/C14H13N5O2/c1-16-10-11-13(14(20)18-8-17-11)19(6-3-5-15)12(10)9-4-2-7-21-9/h2,4,7-8H,3,5-6,15H2,(H,17,18,20). The van der Waals surface area contributed by atoms with Gasteiger partial charge in [-0.2, -0.15) is 0 Å². The minimum Gasteiger partial charge on any atom is -0.464 e. The van der Waals surface area contributed by atoms with Crippen molar-refractivity contribution in [2.45, 2.75) is 13.0 Å². The summed E-state index contributed by atoms with van der Waals surface area (Å²) in [5.74, 6) is 0.537. The fourth-order valence-corrected chi connectivity index (χ4v) is 2.41. The van der Waals surface area contributed by atoms with Crippen LogP contribution < -0.4 is 11.3 Å². The fraction of sp³-hybridized carbons (Fsp3) is 0.214. The molecular formula is C14H13N5O2. The molecule has 0 aliphatic heterocycles. The molecule has 7 nitrogen and oxygen atoms in total. The van der Waals surface area contributed by atoms with Gasteiger partial charge in [-0.05, 0) is 25.1 Å². The van der Waals surface area contributed by atoms with Gasteiger partial charge in [0.2, 0.25) is 5.69 Å². The highest BCUT2D eigenvalue weighted by atomic mass is 16.3. The number of nitrogens with one attached hydrogen (secondary N) is 1. The van der Waals surface area contributed by atoms with Crippen molar-refractivity contribution in [2.75, 3.05) is 6.54 Å². The van der Waals surface area contributed by atoms with Crippen molar-refractivity contribution in [1.29, 1.82) is 0 Å². The van der Waals surface area contributed by atoms with Gasteiger partial charge in [0.15, 0.2) is 0 Å². The molecule has 7 heteroatoms. The number of nitrogens with zero attached hydrogens (tertiary/aromatic N) is 3. The topological polar surface area (TPSA) is 94.2 Å². The second kappa shape index (κ2) is 5.26. The van der Waals surface area contributed by atoms with Crippen molar-refractivity contribution in [3.8, 4) is 11.5 Å². The van der Waals surface area contributed by atoms with Crippen LogP contribution in [-0.4, -0.2) is 21.1 Å². The molecule has 0 amide bonds. The first kappa shape index (κ1) is 13.1. The van der Waals surface area contributed by atoms with E-state index in [0.29, 0.717) is 47.7 Å². The molecule has 3 aromatic heterocycles. The van der Waals surface area contributed by atoms with E-state index in [1.165, 1.54) is 12.6 Å². The predicted octanol–water partition coefficient (Wildman–Crippen LogP) is 1.88. The number of hydrogen-bond acceptors (Lipinski definition) is 4. The number of furan rings is 1. The van der Waals surface area contributed by atoms with Crippen LogP contribution in [0.1, 0.15) is 6.42 Å². The van der Waals surface area contributed by atoms with Crippen LogP contribution in [0.5, 0.6) is 0 Å². The normalized spacial score (nSPS) is 10.9. The summed E-state index contributed by atoms with van der Waals surface area (Å²) in [6.45, 7) is 8.43. The summed E-state index contributed by atoms with van der Waals surface area (Å²) >= 11 is 0. The third-order valence-corrected chi connectivity index (χ3v) is 3.27. The molecule has 0 radical (unpaired) electrons. The van der Waals surface area contributed by atoms with Crippen molar-refractivity contribution in [3.63, 3.8) is 0 Å². The van der Waals surface area contributed by atoms with Gasteiger partial charge in [0.05, 0.1) is 24.9 Å². The number of rotatable bonds is 4. The van der Waals surface area contributed by atoms with Crippen molar-refractivity contribution in [3.05, 3.63) is 46.5 Å². The molecule has 3 heterocycles. The Morgan fingerprint density at radius 1 is 1.52 bits per heavy atom. The molecule has 0 unspecified atom stereocenters. The molecule has 0 aliphatic carbocycles. The van der Waals surface area contributed by atoms with Crippen LogP contribution in [0.15, 0.2) is 33.9 Å². The van der Waals surface area contributed by atoms with E-state index in [-0.39, 0.29) is 5.56 Å². The Morgan fingerprint density at radius 2 is 2.38 bits per heavy atom. The van der Waals surface area contributed by atoms with E-state index in [1.807, 2.05) is 0 Å². The third-order valence-electron chi connectivity index (χ3n) is 3.27. The van der Waals surface area contributed by atoms with Gasteiger partial charge in [-0.25, -0.2) is 9.83 Å². The van der Waals surface area contributed by atoms with Crippen LogP contribution in [0.4, 0.5) is 5.69 Å². The average molecular weight is 283 g/mol. The van der Waals surface area contributed by atoms with Gasteiger partial charge in [0.25, 0.3) is 5.56 Å². The first-order valence-electron chi connectivity index (χ1n) is 6.49. The van der Waals surface area contributed by atoms with E-state index in [4.69, 9.17) is 16.7 Å². The largest absolute Gasteiger partial charge is 0.464 e. The van der Waals surface area contributed by atoms with E-state index in [2.05, 4.69) is 14.8 Å². The predicted molar refractivity (Wildman–Crippen MR) is 78.0 cm³/mol. The van der Waals surface area contributed by atoms with Crippen LogP contribution in [0.3, 0.4) is 0 Å². The SMILES string of the molecule is [C-]#[N+]c1c(-c2ccco2)n(CCCN)c2c(=O)[nH]cnc12. The van der Waals surface area contributed by atoms with Gasteiger partial charge in [-0.15, -0.1) is 0 Å². The van der Waals surface area contributed by atoms with Gasteiger partial charge in [-0.1, -0.05) is 0 Å². The molecule has 0 saturated heterocycles. The lowest BCUT2D eigenvalue weighted by Gasteiger charge is -2.08. The summed E-state index contributed by atoms with van der Waals surface area (Å²) in [4.78, 5) is 22.4. The minimum absolute atomic E-state index is 0.278. The highest BCUT2D eigenvalue weighted by molar-refractivity contribution is 5.98. The van der Waals surface area contributed by atoms with Crippen molar-refractivity contribution in [2.24, 2.45) is 5.73 Å². The van der Waals surface area contributed by atoms with Crippen LogP contribution in [0.2, 0.25) is 0 Å². The van der Waals surface area contributed by atoms with Crippen molar-refractivity contribution in [1.82, 2.24) is 14.5 Å². The van der Waals surface area contributed by atoms with Gasteiger partial charge >= 0.3 is 0 Å². The summed E-state index contributed by atoms with van der Waals surface area (Å²) in [6, 6.07) is 3.50. The van der Waals surface area contributed by atoms with Crippen LogP contribution >= 0.6 is 0 Å². The number of aromatic amines is 1. The first-order chi connectivity index (χ1) is 10.3. The first-order valence-corrected chi connectivity index (χ1v) is 6.49. The van der Waals surface area contributed by atoms with E-state index in [0.717, 1.165) is 0 Å². The van der Waals surface area contributed by atoms with Crippen LogP contribution in [0, 0.1) is 6.57 Å². The van der Waals surface area contributed by atoms with Gasteiger partial charge in [0.1, 0.15) is 16.8 Å². The number of aromatic nitrogens is 3. The maximum atomic E-state index is 12.1. The van der Waals surface area contributed by atoms with Crippen LogP contribution in [0.25, 0.3) is 27.3 Å². The highest BCUT2D eigenvalue weighted by Gasteiger charge is 2.23. The van der Waals surface area contributed by atoms with E-state index in [1.54, 1.807) is 16.7 Å². The maximum absolute atomic E-state index is 12.1. The van der Waals surface area contributed by atoms with E-state index in [9.17, 15) is 4.79 Å². The summed E-state index contributed by atoms with van der Waals surface area (Å²) in [7, 11) is 0. The molecule has 0 spiro atoms. The van der Waals surface area contributed by atoms with Gasteiger partial charge in [0, 0.05) is 6.54 Å². The Morgan fingerprint density at radius 3 is 3.05 bits per heavy atom. The third kappa shape index (κ3) is 2.02. The Kier molecular flexibility index (Phi) is 3.30. The molecule has 0 aliphatic rings. The zero-order valence-electron chi connectivity index (χ0n) is 11.2. The molecule has 0 bridgehead atoms. The Balaban J connectivity index is 2.41. The van der Waals surface area contributed by atoms with E-state index < -0.39 is 0 Å². The Bertz CT molecular complexity index is 867. The maximum Gasteiger partial charge on any atom is 0.273 e. The second-order valence-corrected chi connectivity index (χ2v) is 4.51. The zero-order valence-corrected chi connectivity index (χ0v) is 11.2. The van der Waals surface area contributed by atoms with Crippen molar-refractivity contribution >= 4 is 16.7 Å². The number of fused-ring (bicyclic) bond motifs is 1. The molecule has 0 atom stereocenters. The van der Waals surface area contributed by atoms with Gasteiger partial charge in [-0.3, -0.25) is 4.79 Å². The fourth-order valence-electron chi connectivity index (χ4n) is 2.41. The quantitative estimate of drug-likeness (QED) is 0.715. The zero-order chi connectivity index (χ0) is 14.8. The smallest absolute Gasteiger partial charge is 0.273 e. The lowest BCUT2D eigenvalue weighted by atomic mass is 10.2. The summed E-state index contributed by atoms with van der Waals surface area (Å²) in [5, 5.41) is 0. The number of hydrogen-bond donors (Lipinski definition) is 2. The number of H-pyrrole nitrogens is 1. The molecule has 3 rings (SSSR count). The second-order valence-electron chi connectivity index (χ2n) is 4.51. The number of nitrogens with two attached hydrogens (primary N) is 1. The summed E-state index contributed by atoms with van der Waals surface area (Å²) in [6.07, 6.45) is 3.52. The molecule has 0 aromatic carbocycles. The molecule has 3 N–H and O–H groups in total. The molecule has 106 valence electrons. The van der Waals surface area contributed by atoms with Crippen LogP contribution in [-0.2, 0) is 6.54 Å². The molecule has 0 fully saturated rings. The van der Waals surface area contributed by atoms with Gasteiger partial charge < -0.3 is 19.7 Å².